The lowest BCUT2D eigenvalue weighted by molar-refractivity contribution is 0.406. The molecule has 4 nitrogen and oxygen atoms in total. The van der Waals surface area contributed by atoms with Crippen LogP contribution >= 0.6 is 15.9 Å². The first-order chi connectivity index (χ1) is 12.1. The average Bonchev–Trinajstić information content (AvgIpc) is 2.55. The van der Waals surface area contributed by atoms with E-state index in [0.717, 1.165) is 32.5 Å². The summed E-state index contributed by atoms with van der Waals surface area (Å²) < 4.78 is 34.3. The van der Waals surface area contributed by atoms with Crippen LogP contribution in [0.4, 0.5) is 0 Å². The van der Waals surface area contributed by atoms with E-state index in [2.05, 4.69) is 34.5 Å². The Morgan fingerprint density at radius 1 is 1.08 bits per heavy atom. The standard InChI is InChI=1S/C20H26BrNO3S/c1-13(2)18-11-19(14(3)10-20(18)25-5)15(4)22-26(23,24)12-16-6-8-17(21)9-7-16/h6-11,13,15,22H,12H2,1-5H3. The van der Waals surface area contributed by atoms with Gasteiger partial charge in [-0.15, -0.1) is 0 Å². The van der Waals surface area contributed by atoms with Gasteiger partial charge in [0.1, 0.15) is 5.75 Å². The predicted octanol–water partition coefficient (Wildman–Crippen LogP) is 5.07. The SMILES string of the molecule is COc1cc(C)c(C(C)NS(=O)(=O)Cc2ccc(Br)cc2)cc1C(C)C. The van der Waals surface area contributed by atoms with Gasteiger partial charge in [-0.2, -0.15) is 0 Å². The maximum absolute atomic E-state index is 12.6. The van der Waals surface area contributed by atoms with Crippen molar-refractivity contribution < 1.29 is 13.2 Å². The fraction of sp³-hybridized carbons (Fsp3) is 0.400. The highest BCUT2D eigenvalue weighted by atomic mass is 79.9. The van der Waals surface area contributed by atoms with E-state index in [1.165, 1.54) is 0 Å². The average molecular weight is 440 g/mol. The lowest BCUT2D eigenvalue weighted by Gasteiger charge is -2.21. The van der Waals surface area contributed by atoms with E-state index in [-0.39, 0.29) is 17.7 Å². The van der Waals surface area contributed by atoms with E-state index in [0.29, 0.717) is 0 Å². The van der Waals surface area contributed by atoms with Crippen molar-refractivity contribution in [3.05, 3.63) is 63.1 Å². The molecule has 6 heteroatoms. The Hall–Kier alpha value is -1.37. The lowest BCUT2D eigenvalue weighted by atomic mass is 9.94. The molecule has 0 radical (unpaired) electrons. The van der Waals surface area contributed by atoms with Crippen molar-refractivity contribution >= 4 is 26.0 Å². The Labute approximate surface area is 165 Å². The first kappa shape index (κ1) is 20.9. The molecule has 0 aromatic heterocycles. The molecule has 0 heterocycles. The van der Waals surface area contributed by atoms with Crippen LogP contribution in [0.2, 0.25) is 0 Å². The third-order valence-corrected chi connectivity index (χ3v) is 6.29. The molecule has 0 saturated carbocycles. The molecule has 2 aromatic rings. The fourth-order valence-electron chi connectivity index (χ4n) is 2.98. The fourth-order valence-corrected chi connectivity index (χ4v) is 4.63. The molecular weight excluding hydrogens is 414 g/mol. The van der Waals surface area contributed by atoms with E-state index in [1.54, 1.807) is 7.11 Å². The lowest BCUT2D eigenvalue weighted by Crippen LogP contribution is -2.28. The Morgan fingerprint density at radius 3 is 2.23 bits per heavy atom. The summed E-state index contributed by atoms with van der Waals surface area (Å²) in [6.45, 7) is 8.04. The molecule has 26 heavy (non-hydrogen) atoms. The molecule has 0 spiro atoms. The minimum atomic E-state index is -3.46. The number of benzene rings is 2. The van der Waals surface area contributed by atoms with E-state index < -0.39 is 10.0 Å². The van der Waals surface area contributed by atoms with Gasteiger partial charge >= 0.3 is 0 Å². The van der Waals surface area contributed by atoms with Crippen LogP contribution in [0.25, 0.3) is 0 Å². The zero-order chi connectivity index (χ0) is 19.5. The van der Waals surface area contributed by atoms with Crippen LogP contribution in [-0.2, 0) is 15.8 Å². The van der Waals surface area contributed by atoms with Gasteiger partial charge in [-0.1, -0.05) is 41.9 Å². The van der Waals surface area contributed by atoms with Gasteiger partial charge < -0.3 is 4.74 Å². The van der Waals surface area contributed by atoms with Gasteiger partial charge in [-0.05, 0) is 66.3 Å². The number of methoxy groups -OCH3 is 1. The Kier molecular flexibility index (Phi) is 6.88. The molecule has 0 aliphatic carbocycles. The Bertz CT molecular complexity index is 861. The maximum atomic E-state index is 12.6. The second-order valence-electron chi connectivity index (χ2n) is 6.83. The number of hydrogen-bond acceptors (Lipinski definition) is 3. The van der Waals surface area contributed by atoms with Crippen molar-refractivity contribution in [3.63, 3.8) is 0 Å². The normalized spacial score (nSPS) is 13.0. The van der Waals surface area contributed by atoms with Gasteiger partial charge in [0.15, 0.2) is 0 Å². The Morgan fingerprint density at radius 2 is 1.69 bits per heavy atom. The number of aryl methyl sites for hydroxylation is 1. The Balaban J connectivity index is 2.24. The number of nitrogens with one attached hydrogen (secondary N) is 1. The van der Waals surface area contributed by atoms with Crippen molar-refractivity contribution in [1.82, 2.24) is 4.72 Å². The quantitative estimate of drug-likeness (QED) is 0.654. The number of ether oxygens (including phenoxy) is 1. The first-order valence-corrected chi connectivity index (χ1v) is 11.0. The topological polar surface area (TPSA) is 55.4 Å². The van der Waals surface area contributed by atoms with Crippen molar-refractivity contribution in [1.29, 1.82) is 0 Å². The summed E-state index contributed by atoms with van der Waals surface area (Å²) in [6, 6.07) is 11.0. The highest BCUT2D eigenvalue weighted by Gasteiger charge is 2.20. The largest absolute Gasteiger partial charge is 0.496 e. The van der Waals surface area contributed by atoms with Crippen molar-refractivity contribution in [2.24, 2.45) is 0 Å². The molecule has 1 unspecified atom stereocenters. The predicted molar refractivity (Wildman–Crippen MR) is 110 cm³/mol. The van der Waals surface area contributed by atoms with Gasteiger partial charge in [0.2, 0.25) is 10.0 Å². The van der Waals surface area contributed by atoms with E-state index in [1.807, 2.05) is 50.2 Å². The summed E-state index contributed by atoms with van der Waals surface area (Å²) >= 11 is 3.36. The third kappa shape index (κ3) is 5.32. The molecule has 2 aromatic carbocycles. The summed E-state index contributed by atoms with van der Waals surface area (Å²) in [5.74, 6) is 1.08. The zero-order valence-electron chi connectivity index (χ0n) is 15.8. The van der Waals surface area contributed by atoms with Gasteiger partial charge in [0.05, 0.1) is 12.9 Å². The van der Waals surface area contributed by atoms with Crippen LogP contribution in [-0.4, -0.2) is 15.5 Å². The van der Waals surface area contributed by atoms with Crippen LogP contribution in [0.5, 0.6) is 5.75 Å². The summed E-state index contributed by atoms with van der Waals surface area (Å²) in [5, 5.41) is 0. The zero-order valence-corrected chi connectivity index (χ0v) is 18.2. The monoisotopic (exact) mass is 439 g/mol. The maximum Gasteiger partial charge on any atom is 0.216 e. The summed E-state index contributed by atoms with van der Waals surface area (Å²) in [4.78, 5) is 0. The second kappa shape index (κ2) is 8.55. The van der Waals surface area contributed by atoms with Crippen LogP contribution < -0.4 is 9.46 Å². The molecule has 142 valence electrons. The molecule has 0 aliphatic rings. The number of halogens is 1. The van der Waals surface area contributed by atoms with Gasteiger partial charge in [0, 0.05) is 10.5 Å². The van der Waals surface area contributed by atoms with Crippen molar-refractivity contribution in [2.75, 3.05) is 7.11 Å². The highest BCUT2D eigenvalue weighted by Crippen LogP contribution is 2.32. The van der Waals surface area contributed by atoms with E-state index in [9.17, 15) is 8.42 Å². The van der Waals surface area contributed by atoms with Crippen LogP contribution in [0, 0.1) is 6.92 Å². The van der Waals surface area contributed by atoms with Crippen LogP contribution in [0.15, 0.2) is 40.9 Å². The van der Waals surface area contributed by atoms with Crippen molar-refractivity contribution in [3.8, 4) is 5.75 Å². The molecule has 0 aliphatic heterocycles. The van der Waals surface area contributed by atoms with Gasteiger partial charge in [-0.3, -0.25) is 0 Å². The van der Waals surface area contributed by atoms with E-state index in [4.69, 9.17) is 4.74 Å². The van der Waals surface area contributed by atoms with Crippen molar-refractivity contribution in [2.45, 2.75) is 45.4 Å². The summed E-state index contributed by atoms with van der Waals surface area (Å²) in [6.07, 6.45) is 0. The van der Waals surface area contributed by atoms with Gasteiger partial charge in [-0.25, -0.2) is 13.1 Å². The van der Waals surface area contributed by atoms with Crippen LogP contribution in [0.1, 0.15) is 55.0 Å². The molecular formula is C20H26BrNO3S. The number of rotatable bonds is 7. The second-order valence-corrected chi connectivity index (χ2v) is 9.50. The third-order valence-electron chi connectivity index (χ3n) is 4.33. The molecule has 1 atom stereocenters. The highest BCUT2D eigenvalue weighted by molar-refractivity contribution is 9.10. The van der Waals surface area contributed by atoms with Gasteiger partial charge in [0.25, 0.3) is 0 Å². The molecule has 1 N–H and O–H groups in total. The molecule has 0 bridgehead atoms. The summed E-state index contributed by atoms with van der Waals surface area (Å²) in [7, 11) is -1.80. The van der Waals surface area contributed by atoms with E-state index >= 15 is 0 Å². The smallest absolute Gasteiger partial charge is 0.216 e. The number of sulfonamides is 1. The molecule has 0 saturated heterocycles. The minimum absolute atomic E-state index is 0.0448. The minimum Gasteiger partial charge on any atom is -0.496 e. The first-order valence-electron chi connectivity index (χ1n) is 8.56. The molecule has 0 amide bonds. The summed E-state index contributed by atoms with van der Waals surface area (Å²) in [5.41, 5.74) is 3.80. The van der Waals surface area contributed by atoms with Crippen LogP contribution in [0.3, 0.4) is 0 Å². The molecule has 0 fully saturated rings. The number of hydrogen-bond donors (Lipinski definition) is 1. The molecule has 2 rings (SSSR count).